The number of hydrogen-bond donors (Lipinski definition) is 1. The summed E-state index contributed by atoms with van der Waals surface area (Å²) in [5, 5.41) is 0.973. The zero-order valence-electron chi connectivity index (χ0n) is 12.2. The maximum Gasteiger partial charge on any atom is 0.211 e. The van der Waals surface area contributed by atoms with Crippen LogP contribution in [0.1, 0.15) is 5.56 Å². The highest BCUT2D eigenvalue weighted by atomic mass is 35.5. The topological polar surface area (TPSA) is 83.6 Å². The van der Waals surface area contributed by atoms with Gasteiger partial charge in [0.05, 0.1) is 12.5 Å². The molecule has 0 aliphatic heterocycles. The van der Waals surface area contributed by atoms with E-state index in [0.29, 0.717) is 16.5 Å². The van der Waals surface area contributed by atoms with E-state index < -0.39 is 20.0 Å². The highest BCUT2D eigenvalue weighted by Crippen LogP contribution is 2.21. The molecule has 0 saturated carbocycles. The van der Waals surface area contributed by atoms with E-state index in [1.165, 1.54) is 4.31 Å². The fraction of sp³-hybridized carbons (Fsp3) is 0.500. The first-order valence-corrected chi connectivity index (χ1v) is 10.8. The van der Waals surface area contributed by atoms with Crippen LogP contribution in [0.2, 0.25) is 10.0 Å². The zero-order valence-corrected chi connectivity index (χ0v) is 15.4. The Hall–Kier alpha value is -0.380. The summed E-state index contributed by atoms with van der Waals surface area (Å²) in [7, 11) is -6.80. The lowest BCUT2D eigenvalue weighted by atomic mass is 10.1. The smallest absolute Gasteiger partial charge is 0.211 e. The van der Waals surface area contributed by atoms with Crippen molar-refractivity contribution in [3.63, 3.8) is 0 Å². The summed E-state index contributed by atoms with van der Waals surface area (Å²) in [5.74, 6) is 0. The van der Waals surface area contributed by atoms with Gasteiger partial charge in [-0.1, -0.05) is 29.3 Å². The average molecular weight is 389 g/mol. The number of nitrogens with zero attached hydrogens (tertiary/aromatic N) is 1. The third kappa shape index (κ3) is 7.26. The van der Waals surface area contributed by atoms with Crippen LogP contribution in [0.4, 0.5) is 0 Å². The van der Waals surface area contributed by atoms with E-state index in [0.717, 1.165) is 18.1 Å². The summed E-state index contributed by atoms with van der Waals surface area (Å²) in [6.07, 6.45) is 2.50. The van der Waals surface area contributed by atoms with Crippen LogP contribution in [0, 0.1) is 0 Å². The van der Waals surface area contributed by atoms with E-state index in [9.17, 15) is 16.8 Å². The van der Waals surface area contributed by atoms with Crippen molar-refractivity contribution in [1.29, 1.82) is 0 Å². The standard InChI is InChI=1S/C12H18Cl2N2O4S2/c1-21(17,18)15-6-8-16(22(2,19)20)7-5-10-3-4-11(13)9-12(10)14/h3-4,9,15H,5-8H2,1-2H3. The molecule has 0 bridgehead atoms. The van der Waals surface area contributed by atoms with Gasteiger partial charge in [0.15, 0.2) is 0 Å². The first-order chi connectivity index (χ1) is 9.99. The second-order valence-electron chi connectivity index (χ2n) is 4.81. The fourth-order valence-corrected chi connectivity index (χ4v) is 3.58. The molecule has 0 amide bonds. The number of sulfonamides is 2. The molecular formula is C12H18Cl2N2O4S2. The van der Waals surface area contributed by atoms with E-state index in [4.69, 9.17) is 23.2 Å². The molecule has 0 spiro atoms. The first kappa shape index (κ1) is 19.7. The van der Waals surface area contributed by atoms with Gasteiger partial charge in [-0.3, -0.25) is 0 Å². The number of benzene rings is 1. The molecular weight excluding hydrogens is 371 g/mol. The normalized spacial score (nSPS) is 12.8. The van der Waals surface area contributed by atoms with Crippen LogP contribution in [0.15, 0.2) is 18.2 Å². The number of nitrogens with one attached hydrogen (secondary N) is 1. The fourth-order valence-electron chi connectivity index (χ4n) is 1.77. The van der Waals surface area contributed by atoms with Gasteiger partial charge in [0, 0.05) is 29.7 Å². The van der Waals surface area contributed by atoms with Crippen molar-refractivity contribution in [3.8, 4) is 0 Å². The summed E-state index contributed by atoms with van der Waals surface area (Å²) in [4.78, 5) is 0. The quantitative estimate of drug-likeness (QED) is 0.728. The summed E-state index contributed by atoms with van der Waals surface area (Å²) >= 11 is 11.9. The molecule has 1 N–H and O–H groups in total. The molecule has 1 aromatic carbocycles. The van der Waals surface area contributed by atoms with Crippen LogP contribution in [0.3, 0.4) is 0 Å². The molecule has 126 valence electrons. The minimum atomic E-state index is -3.44. The Kier molecular flexibility index (Phi) is 7.10. The van der Waals surface area contributed by atoms with Crippen molar-refractivity contribution in [2.24, 2.45) is 0 Å². The molecule has 0 heterocycles. The molecule has 0 atom stereocenters. The Morgan fingerprint density at radius 3 is 2.23 bits per heavy atom. The highest BCUT2D eigenvalue weighted by molar-refractivity contribution is 7.88. The molecule has 0 aliphatic rings. The highest BCUT2D eigenvalue weighted by Gasteiger charge is 2.17. The lowest BCUT2D eigenvalue weighted by molar-refractivity contribution is 0.420. The predicted octanol–water partition coefficient (Wildman–Crippen LogP) is 1.35. The second-order valence-corrected chi connectivity index (χ2v) is 9.47. The molecule has 0 unspecified atom stereocenters. The van der Waals surface area contributed by atoms with Gasteiger partial charge >= 0.3 is 0 Å². The van der Waals surface area contributed by atoms with Gasteiger partial charge in [-0.2, -0.15) is 0 Å². The Morgan fingerprint density at radius 1 is 1.09 bits per heavy atom. The molecule has 1 aromatic rings. The van der Waals surface area contributed by atoms with Crippen molar-refractivity contribution in [2.45, 2.75) is 6.42 Å². The predicted molar refractivity (Wildman–Crippen MR) is 89.4 cm³/mol. The maximum atomic E-state index is 11.7. The van der Waals surface area contributed by atoms with Gasteiger partial charge in [0.2, 0.25) is 20.0 Å². The Morgan fingerprint density at radius 2 is 1.73 bits per heavy atom. The minimum Gasteiger partial charge on any atom is -0.214 e. The van der Waals surface area contributed by atoms with Gasteiger partial charge < -0.3 is 0 Å². The monoisotopic (exact) mass is 388 g/mol. The van der Waals surface area contributed by atoms with Crippen LogP contribution >= 0.6 is 23.2 Å². The van der Waals surface area contributed by atoms with E-state index in [1.807, 2.05) is 0 Å². The van der Waals surface area contributed by atoms with Crippen LogP contribution in [0.25, 0.3) is 0 Å². The van der Waals surface area contributed by atoms with Crippen molar-refractivity contribution < 1.29 is 16.8 Å². The van der Waals surface area contributed by atoms with Crippen LogP contribution in [0.5, 0.6) is 0 Å². The molecule has 22 heavy (non-hydrogen) atoms. The third-order valence-corrected chi connectivity index (χ3v) is 5.46. The van der Waals surface area contributed by atoms with Gasteiger partial charge in [-0.15, -0.1) is 0 Å². The Bertz CT molecular complexity index is 721. The van der Waals surface area contributed by atoms with Gasteiger partial charge in [0.1, 0.15) is 0 Å². The zero-order chi connectivity index (χ0) is 17.0. The van der Waals surface area contributed by atoms with E-state index in [-0.39, 0.29) is 19.6 Å². The summed E-state index contributed by atoms with van der Waals surface area (Å²) < 4.78 is 49.0. The molecule has 0 saturated heterocycles. The number of rotatable bonds is 8. The van der Waals surface area contributed by atoms with Crippen molar-refractivity contribution >= 4 is 43.2 Å². The van der Waals surface area contributed by atoms with Gasteiger partial charge in [-0.25, -0.2) is 25.9 Å². The molecule has 0 fully saturated rings. The second kappa shape index (κ2) is 7.94. The number of hydrogen-bond acceptors (Lipinski definition) is 4. The first-order valence-electron chi connectivity index (χ1n) is 6.33. The van der Waals surface area contributed by atoms with E-state index >= 15 is 0 Å². The molecule has 0 aromatic heterocycles. The molecule has 0 radical (unpaired) electrons. The summed E-state index contributed by atoms with van der Waals surface area (Å²) in [6, 6.07) is 5.01. The molecule has 6 nitrogen and oxygen atoms in total. The minimum absolute atomic E-state index is 0.0141. The van der Waals surface area contributed by atoms with Crippen molar-refractivity contribution in [1.82, 2.24) is 9.03 Å². The maximum absolute atomic E-state index is 11.7. The SMILES string of the molecule is CS(=O)(=O)NCCN(CCc1ccc(Cl)cc1Cl)S(C)(=O)=O. The van der Waals surface area contributed by atoms with Crippen LogP contribution < -0.4 is 4.72 Å². The van der Waals surface area contributed by atoms with Gasteiger partial charge in [0.25, 0.3) is 0 Å². The lowest BCUT2D eigenvalue weighted by Gasteiger charge is -2.20. The molecule has 0 aliphatic carbocycles. The van der Waals surface area contributed by atoms with E-state index in [1.54, 1.807) is 18.2 Å². The Labute approximate surface area is 141 Å². The third-order valence-electron chi connectivity index (χ3n) is 2.84. The molecule has 10 heteroatoms. The summed E-state index contributed by atoms with van der Waals surface area (Å²) in [5.41, 5.74) is 0.774. The van der Waals surface area contributed by atoms with Crippen LogP contribution in [-0.2, 0) is 26.5 Å². The summed E-state index contributed by atoms with van der Waals surface area (Å²) in [6.45, 7) is 0.267. The van der Waals surface area contributed by atoms with E-state index in [2.05, 4.69) is 4.72 Å². The van der Waals surface area contributed by atoms with Crippen molar-refractivity contribution in [2.75, 3.05) is 32.1 Å². The van der Waals surface area contributed by atoms with Crippen LogP contribution in [-0.4, -0.2) is 53.3 Å². The van der Waals surface area contributed by atoms with Crippen molar-refractivity contribution in [3.05, 3.63) is 33.8 Å². The lowest BCUT2D eigenvalue weighted by Crippen LogP contribution is -2.38. The average Bonchev–Trinajstić information content (AvgIpc) is 2.32. The molecule has 1 rings (SSSR count). The Balaban J connectivity index is 2.70. The van der Waals surface area contributed by atoms with Gasteiger partial charge in [-0.05, 0) is 24.1 Å². The largest absolute Gasteiger partial charge is 0.214 e. The number of halogens is 2.